The Hall–Kier alpha value is -3.26. The maximum atomic E-state index is 2.41. The molecule has 2 aromatic carbocycles. The first-order valence-electron chi connectivity index (χ1n) is 12.6. The number of pyridine rings is 2. The molecule has 0 amide bonds. The predicted molar refractivity (Wildman–Crippen MR) is 146 cm³/mol. The maximum Gasteiger partial charge on any atom is 0.277 e. The van der Waals surface area contributed by atoms with Gasteiger partial charge in [-0.1, -0.05) is 90.1 Å². The average Bonchev–Trinajstić information content (AvgIpc) is 2.79. The summed E-state index contributed by atoms with van der Waals surface area (Å²) in [6.07, 6.45) is 4.47. The van der Waals surface area contributed by atoms with Crippen molar-refractivity contribution in [3.05, 3.63) is 107 Å². The number of hydrogen-bond donors (Lipinski definition) is 0. The second-order valence-electron chi connectivity index (χ2n) is 11.8. The molecule has 0 radical (unpaired) electrons. The third kappa shape index (κ3) is 5.37. The minimum Gasteiger partial charge on any atom is -0.196 e. The van der Waals surface area contributed by atoms with Gasteiger partial charge in [0.05, 0.1) is 0 Å². The summed E-state index contributed by atoms with van der Waals surface area (Å²) in [4.78, 5) is 0. The summed E-state index contributed by atoms with van der Waals surface area (Å²) in [6.45, 7) is 16.7. The molecule has 0 unspecified atom stereocenters. The number of nitrogens with zero attached hydrogens (tertiary/aromatic N) is 2. The number of rotatable bonds is 4. The molecule has 2 aromatic heterocycles. The molecule has 2 nitrogen and oxygen atoms in total. The fourth-order valence-electron chi connectivity index (χ4n) is 4.62. The van der Waals surface area contributed by atoms with Crippen molar-refractivity contribution < 1.29 is 9.13 Å². The van der Waals surface area contributed by atoms with Crippen LogP contribution in [0.25, 0.3) is 22.5 Å². The van der Waals surface area contributed by atoms with Crippen molar-refractivity contribution in [1.82, 2.24) is 0 Å². The van der Waals surface area contributed by atoms with Crippen LogP contribution < -0.4 is 9.13 Å². The topological polar surface area (TPSA) is 7.76 Å². The molecular weight excluding hydrogens is 424 g/mol. The van der Waals surface area contributed by atoms with E-state index in [1.807, 2.05) is 0 Å². The number of hydrogen-bond acceptors (Lipinski definition) is 0. The van der Waals surface area contributed by atoms with Crippen molar-refractivity contribution in [2.75, 3.05) is 0 Å². The lowest BCUT2D eigenvalue weighted by atomic mass is 9.85. The van der Waals surface area contributed by atoms with Crippen LogP contribution in [-0.4, -0.2) is 0 Å². The van der Waals surface area contributed by atoms with E-state index in [1.54, 1.807) is 0 Å². The van der Waals surface area contributed by atoms with Crippen LogP contribution in [0.15, 0.2) is 85.2 Å². The van der Waals surface area contributed by atoms with E-state index in [9.17, 15) is 0 Å². The van der Waals surface area contributed by atoms with E-state index in [2.05, 4.69) is 150 Å². The minimum absolute atomic E-state index is 0.0765. The van der Waals surface area contributed by atoms with Gasteiger partial charge in [0.1, 0.15) is 7.05 Å². The summed E-state index contributed by atoms with van der Waals surface area (Å²) in [5, 5.41) is 0. The summed E-state index contributed by atoms with van der Waals surface area (Å²) < 4.78 is 4.66. The van der Waals surface area contributed by atoms with Gasteiger partial charge >= 0.3 is 0 Å². The van der Waals surface area contributed by atoms with Crippen molar-refractivity contribution in [1.29, 1.82) is 0 Å². The molecule has 35 heavy (non-hydrogen) atoms. The molecule has 0 saturated carbocycles. The van der Waals surface area contributed by atoms with Gasteiger partial charge in [-0.15, -0.1) is 0 Å². The van der Waals surface area contributed by atoms with Gasteiger partial charge in [-0.3, -0.25) is 0 Å². The third-order valence-electron chi connectivity index (χ3n) is 6.97. The standard InChI is InChI=1S/C33H40N2/c1-24-13-9-11-15-28(24)29-16-12-10-14-25(29)23-35-20-18-27(33(5,6)7)22-31(35)30-21-26(32(2,3)4)17-19-34(30)8/h9-22H,23H2,1-8H3/q+2. The molecule has 180 valence electrons. The molecule has 0 fully saturated rings. The quantitative estimate of drug-likeness (QED) is 0.285. The van der Waals surface area contributed by atoms with Crippen molar-refractivity contribution in [2.45, 2.75) is 65.8 Å². The Balaban J connectivity index is 1.90. The molecule has 2 heteroatoms. The van der Waals surface area contributed by atoms with Crippen LogP contribution >= 0.6 is 0 Å². The van der Waals surface area contributed by atoms with Crippen LogP contribution in [0.2, 0.25) is 0 Å². The number of benzene rings is 2. The van der Waals surface area contributed by atoms with Gasteiger partial charge in [-0.2, -0.15) is 9.13 Å². The fraction of sp³-hybridized carbons (Fsp3) is 0.333. The van der Waals surface area contributed by atoms with Gasteiger partial charge in [0, 0.05) is 29.8 Å². The zero-order valence-corrected chi connectivity index (χ0v) is 22.7. The molecular formula is C33H40N2+2. The summed E-state index contributed by atoms with van der Waals surface area (Å²) in [5.74, 6) is 0. The van der Waals surface area contributed by atoms with E-state index in [0.717, 1.165) is 6.54 Å². The molecule has 0 aliphatic carbocycles. The Morgan fingerprint density at radius 2 is 1.17 bits per heavy atom. The van der Waals surface area contributed by atoms with Crippen LogP contribution in [0, 0.1) is 6.92 Å². The highest BCUT2D eigenvalue weighted by Crippen LogP contribution is 2.29. The molecule has 0 aliphatic heterocycles. The number of aromatic nitrogens is 2. The summed E-state index contributed by atoms with van der Waals surface area (Å²) in [6, 6.07) is 26.8. The van der Waals surface area contributed by atoms with Crippen LogP contribution in [0.4, 0.5) is 0 Å². The first-order chi connectivity index (χ1) is 16.4. The first-order valence-corrected chi connectivity index (χ1v) is 12.6. The van der Waals surface area contributed by atoms with Crippen LogP contribution in [0.1, 0.15) is 63.8 Å². The molecule has 0 aliphatic rings. The molecule has 0 saturated heterocycles. The van der Waals surface area contributed by atoms with E-state index in [0.29, 0.717) is 0 Å². The Morgan fingerprint density at radius 1 is 0.629 bits per heavy atom. The lowest BCUT2D eigenvalue weighted by Crippen LogP contribution is -2.42. The highest BCUT2D eigenvalue weighted by molar-refractivity contribution is 5.70. The van der Waals surface area contributed by atoms with Gasteiger partial charge in [0.15, 0.2) is 18.9 Å². The Bertz CT molecular complexity index is 1350. The normalized spacial score (nSPS) is 12.1. The Labute approximate surface area is 211 Å². The van der Waals surface area contributed by atoms with E-state index in [-0.39, 0.29) is 10.8 Å². The minimum atomic E-state index is 0.0765. The van der Waals surface area contributed by atoms with Crippen LogP contribution in [0.5, 0.6) is 0 Å². The largest absolute Gasteiger partial charge is 0.277 e. The molecule has 0 bridgehead atoms. The predicted octanol–water partition coefficient (Wildman–Crippen LogP) is 7.08. The molecule has 0 atom stereocenters. The monoisotopic (exact) mass is 464 g/mol. The van der Waals surface area contributed by atoms with E-state index < -0.39 is 0 Å². The third-order valence-corrected chi connectivity index (χ3v) is 6.97. The lowest BCUT2D eigenvalue weighted by Gasteiger charge is -2.20. The molecule has 4 aromatic rings. The second kappa shape index (κ2) is 9.41. The van der Waals surface area contributed by atoms with Gasteiger partial charge in [0.25, 0.3) is 11.4 Å². The zero-order valence-electron chi connectivity index (χ0n) is 22.7. The number of aryl methyl sites for hydroxylation is 2. The lowest BCUT2D eigenvalue weighted by molar-refractivity contribution is -0.699. The highest BCUT2D eigenvalue weighted by atomic mass is 15.0. The first kappa shape index (κ1) is 24.9. The van der Waals surface area contributed by atoms with E-state index >= 15 is 0 Å². The molecule has 4 rings (SSSR count). The summed E-state index contributed by atoms with van der Waals surface area (Å²) in [5.41, 5.74) is 10.6. The highest BCUT2D eigenvalue weighted by Gasteiger charge is 2.28. The van der Waals surface area contributed by atoms with E-state index in [1.165, 1.54) is 44.8 Å². The van der Waals surface area contributed by atoms with Crippen LogP contribution in [0.3, 0.4) is 0 Å². The van der Waals surface area contributed by atoms with Crippen molar-refractivity contribution >= 4 is 0 Å². The SMILES string of the molecule is Cc1ccccc1-c1ccccc1C[n+]1ccc(C(C)(C)C)cc1-c1cc(C(C)(C)C)cc[n+]1C. The maximum absolute atomic E-state index is 2.41. The van der Waals surface area contributed by atoms with Gasteiger partial charge in [-0.25, -0.2) is 0 Å². The Kier molecular flexibility index (Phi) is 6.68. The van der Waals surface area contributed by atoms with Gasteiger partial charge in [-0.05, 0) is 45.6 Å². The van der Waals surface area contributed by atoms with Crippen molar-refractivity contribution in [3.63, 3.8) is 0 Å². The van der Waals surface area contributed by atoms with Gasteiger partial charge < -0.3 is 0 Å². The van der Waals surface area contributed by atoms with Crippen molar-refractivity contribution in [3.8, 4) is 22.5 Å². The van der Waals surface area contributed by atoms with E-state index in [4.69, 9.17) is 0 Å². The summed E-state index contributed by atoms with van der Waals surface area (Å²) in [7, 11) is 2.15. The molecule has 0 N–H and O–H groups in total. The van der Waals surface area contributed by atoms with Crippen LogP contribution in [-0.2, 0) is 24.4 Å². The Morgan fingerprint density at radius 3 is 1.80 bits per heavy atom. The average molecular weight is 465 g/mol. The van der Waals surface area contributed by atoms with Crippen molar-refractivity contribution in [2.24, 2.45) is 7.05 Å². The summed E-state index contributed by atoms with van der Waals surface area (Å²) >= 11 is 0. The smallest absolute Gasteiger partial charge is 0.196 e. The van der Waals surface area contributed by atoms with Gasteiger partial charge in [0.2, 0.25) is 0 Å². The second-order valence-corrected chi connectivity index (χ2v) is 11.8. The molecule has 0 spiro atoms. The zero-order chi connectivity index (χ0) is 25.4. The fourth-order valence-corrected chi connectivity index (χ4v) is 4.62. The molecule has 2 heterocycles.